The minimum Gasteiger partial charge on any atom is -0.480 e. The number of thioether (sulfide) groups is 1. The summed E-state index contributed by atoms with van der Waals surface area (Å²) in [6.07, 6.45) is -0.295. The van der Waals surface area contributed by atoms with Crippen LogP contribution in [0.25, 0.3) is 0 Å². The molecule has 1 rings (SSSR count). The fraction of sp³-hybridized carbons (Fsp3) is 0.824. The van der Waals surface area contributed by atoms with Crippen LogP contribution in [0.2, 0.25) is 0 Å². The normalized spacial score (nSPS) is 18.9. The summed E-state index contributed by atoms with van der Waals surface area (Å²) in [5, 5.41) is 9.45. The van der Waals surface area contributed by atoms with E-state index < -0.39 is 23.7 Å². The number of ether oxygens (including phenoxy) is 1. The summed E-state index contributed by atoms with van der Waals surface area (Å²) in [6.45, 7) is 11.9. The first kappa shape index (κ1) is 21.6. The van der Waals surface area contributed by atoms with Crippen LogP contribution in [-0.2, 0) is 14.3 Å². The molecule has 2 amide bonds. The average Bonchev–Trinajstić information content (AvgIpc) is 2.43. The van der Waals surface area contributed by atoms with E-state index in [9.17, 15) is 19.5 Å². The average molecular weight is 375 g/mol. The van der Waals surface area contributed by atoms with Crippen LogP contribution in [0.5, 0.6) is 0 Å². The van der Waals surface area contributed by atoms with Crippen molar-refractivity contribution >= 4 is 29.7 Å². The molecule has 1 aliphatic heterocycles. The van der Waals surface area contributed by atoms with Crippen LogP contribution in [0.1, 0.15) is 48.0 Å². The van der Waals surface area contributed by atoms with Gasteiger partial charge < -0.3 is 14.7 Å². The molecule has 0 aromatic rings. The SMILES string of the molecule is CC(C)(C)OC(=O)N1CCN(C(=O)CCSC(C)(C)C)CC1C(=O)O. The maximum atomic E-state index is 12.3. The Hall–Kier alpha value is -1.44. The topological polar surface area (TPSA) is 87.2 Å². The number of carboxylic acid groups (broad SMARTS) is 1. The van der Waals surface area contributed by atoms with Crippen LogP contribution < -0.4 is 0 Å². The standard InChI is InChI=1S/C17H30N2O5S/c1-16(2,3)24-15(23)19-9-8-18(11-12(19)14(21)22)13(20)7-10-25-17(4,5)6/h12H,7-11H2,1-6H3,(H,21,22). The van der Waals surface area contributed by atoms with Crippen molar-refractivity contribution in [1.29, 1.82) is 0 Å². The van der Waals surface area contributed by atoms with Crippen molar-refractivity contribution in [1.82, 2.24) is 9.80 Å². The summed E-state index contributed by atoms with van der Waals surface area (Å²) in [4.78, 5) is 38.8. The maximum Gasteiger partial charge on any atom is 0.411 e. The van der Waals surface area contributed by atoms with Gasteiger partial charge in [0.25, 0.3) is 0 Å². The number of piperazine rings is 1. The lowest BCUT2D eigenvalue weighted by molar-refractivity contribution is -0.148. The minimum atomic E-state index is -1.13. The lowest BCUT2D eigenvalue weighted by Crippen LogP contribution is -2.60. The van der Waals surface area contributed by atoms with Crippen molar-refractivity contribution in [3.8, 4) is 0 Å². The molecule has 0 aromatic carbocycles. The Bertz CT molecular complexity index is 510. The molecule has 1 fully saturated rings. The van der Waals surface area contributed by atoms with E-state index in [1.54, 1.807) is 32.5 Å². The van der Waals surface area contributed by atoms with Gasteiger partial charge >= 0.3 is 12.1 Å². The van der Waals surface area contributed by atoms with Crippen LogP contribution in [-0.4, -0.2) is 74.7 Å². The minimum absolute atomic E-state index is 0.00636. The Morgan fingerprint density at radius 2 is 1.72 bits per heavy atom. The largest absolute Gasteiger partial charge is 0.480 e. The zero-order chi connectivity index (χ0) is 19.4. The second-order valence-electron chi connectivity index (χ2n) is 8.08. The van der Waals surface area contributed by atoms with Gasteiger partial charge in [0, 0.05) is 30.0 Å². The number of amides is 2. The van der Waals surface area contributed by atoms with Crippen LogP contribution in [0.4, 0.5) is 4.79 Å². The summed E-state index contributed by atoms with van der Waals surface area (Å²) in [5.41, 5.74) is -0.697. The quantitative estimate of drug-likeness (QED) is 0.813. The second kappa shape index (κ2) is 8.29. The first-order valence-electron chi connectivity index (χ1n) is 8.44. The van der Waals surface area contributed by atoms with Crippen LogP contribution >= 0.6 is 11.8 Å². The number of carbonyl (C=O) groups is 3. The van der Waals surface area contributed by atoms with Gasteiger partial charge in [-0.05, 0) is 20.8 Å². The van der Waals surface area contributed by atoms with Gasteiger partial charge in [0.1, 0.15) is 11.6 Å². The van der Waals surface area contributed by atoms with Crippen molar-refractivity contribution in [3.05, 3.63) is 0 Å². The number of hydrogen-bond donors (Lipinski definition) is 1. The van der Waals surface area contributed by atoms with Crippen molar-refractivity contribution in [2.24, 2.45) is 0 Å². The first-order chi connectivity index (χ1) is 11.3. The van der Waals surface area contributed by atoms with Gasteiger partial charge in [-0.3, -0.25) is 9.69 Å². The molecule has 0 aliphatic carbocycles. The number of carbonyl (C=O) groups excluding carboxylic acids is 2. The molecular weight excluding hydrogens is 344 g/mol. The summed E-state index contributed by atoms with van der Waals surface area (Å²) < 4.78 is 5.36. The highest BCUT2D eigenvalue weighted by Crippen LogP contribution is 2.24. The summed E-state index contributed by atoms with van der Waals surface area (Å²) in [5.74, 6) is -0.522. The highest BCUT2D eigenvalue weighted by atomic mass is 32.2. The van der Waals surface area contributed by atoms with Gasteiger partial charge in [-0.25, -0.2) is 9.59 Å². The van der Waals surface area contributed by atoms with Crippen LogP contribution in [0.3, 0.4) is 0 Å². The van der Waals surface area contributed by atoms with Crippen LogP contribution in [0.15, 0.2) is 0 Å². The number of rotatable bonds is 4. The number of aliphatic carboxylic acids is 1. The van der Waals surface area contributed by atoms with Crippen molar-refractivity contribution < 1.29 is 24.2 Å². The Balaban J connectivity index is 2.66. The molecule has 1 N–H and O–H groups in total. The van der Waals surface area contributed by atoms with E-state index in [0.717, 1.165) is 0 Å². The predicted octanol–water partition coefficient (Wildman–Crippen LogP) is 2.44. The fourth-order valence-corrected chi connectivity index (χ4v) is 3.25. The molecule has 0 aromatic heterocycles. The zero-order valence-electron chi connectivity index (χ0n) is 16.0. The van der Waals surface area contributed by atoms with Gasteiger partial charge in [0.15, 0.2) is 0 Å². The molecule has 1 saturated heterocycles. The van der Waals surface area contributed by atoms with E-state index in [4.69, 9.17) is 4.74 Å². The van der Waals surface area contributed by atoms with Gasteiger partial charge in [-0.2, -0.15) is 11.8 Å². The maximum absolute atomic E-state index is 12.3. The summed E-state index contributed by atoms with van der Waals surface area (Å²) >= 11 is 1.70. The van der Waals surface area contributed by atoms with Crippen molar-refractivity contribution in [2.75, 3.05) is 25.4 Å². The van der Waals surface area contributed by atoms with E-state index in [1.165, 1.54) is 9.80 Å². The molecule has 25 heavy (non-hydrogen) atoms. The Morgan fingerprint density at radius 3 is 2.20 bits per heavy atom. The molecule has 0 saturated carbocycles. The molecule has 144 valence electrons. The predicted molar refractivity (Wildman–Crippen MR) is 97.8 cm³/mol. The third kappa shape index (κ3) is 7.54. The molecule has 0 radical (unpaired) electrons. The monoisotopic (exact) mass is 374 g/mol. The molecule has 0 bridgehead atoms. The third-order valence-electron chi connectivity index (χ3n) is 3.50. The second-order valence-corrected chi connectivity index (χ2v) is 10.0. The molecule has 7 nitrogen and oxygen atoms in total. The van der Waals surface area contributed by atoms with Crippen LogP contribution in [0, 0.1) is 0 Å². The third-order valence-corrected chi connectivity index (χ3v) is 4.77. The van der Waals surface area contributed by atoms with Gasteiger partial charge in [-0.1, -0.05) is 20.8 Å². The Morgan fingerprint density at radius 1 is 1.12 bits per heavy atom. The summed E-state index contributed by atoms with van der Waals surface area (Å²) in [6, 6.07) is -1.08. The number of hydrogen-bond acceptors (Lipinski definition) is 5. The molecule has 1 atom stereocenters. The van der Waals surface area contributed by atoms with Gasteiger partial charge in [0.2, 0.25) is 5.91 Å². The first-order valence-corrected chi connectivity index (χ1v) is 9.43. The molecule has 1 unspecified atom stereocenters. The molecular formula is C17H30N2O5S. The van der Waals surface area contributed by atoms with Gasteiger partial charge in [-0.15, -0.1) is 0 Å². The number of carboxylic acids is 1. The van der Waals surface area contributed by atoms with E-state index in [0.29, 0.717) is 18.7 Å². The molecule has 1 aliphatic rings. The Labute approximate surface area is 154 Å². The van der Waals surface area contributed by atoms with E-state index in [1.807, 2.05) is 0 Å². The smallest absolute Gasteiger partial charge is 0.411 e. The lowest BCUT2D eigenvalue weighted by atomic mass is 10.1. The summed E-state index contributed by atoms with van der Waals surface area (Å²) in [7, 11) is 0. The number of nitrogens with zero attached hydrogens (tertiary/aromatic N) is 2. The zero-order valence-corrected chi connectivity index (χ0v) is 16.8. The van der Waals surface area contributed by atoms with E-state index in [-0.39, 0.29) is 23.7 Å². The highest BCUT2D eigenvalue weighted by Gasteiger charge is 2.38. The fourth-order valence-electron chi connectivity index (χ4n) is 2.36. The Kier molecular flexibility index (Phi) is 7.17. The van der Waals surface area contributed by atoms with E-state index in [2.05, 4.69) is 20.8 Å². The van der Waals surface area contributed by atoms with Crippen molar-refractivity contribution in [2.45, 2.75) is 64.4 Å². The van der Waals surface area contributed by atoms with Crippen molar-refractivity contribution in [3.63, 3.8) is 0 Å². The molecule has 8 heteroatoms. The highest BCUT2D eigenvalue weighted by molar-refractivity contribution is 8.00. The van der Waals surface area contributed by atoms with Gasteiger partial charge in [0.05, 0.1) is 6.54 Å². The van der Waals surface area contributed by atoms with E-state index >= 15 is 0 Å². The lowest BCUT2D eigenvalue weighted by Gasteiger charge is -2.39. The molecule has 1 heterocycles. The molecule has 0 spiro atoms.